The van der Waals surface area contributed by atoms with Crippen LogP contribution in [0.15, 0.2) is 65.9 Å². The maximum Gasteiger partial charge on any atom is 0.492 e. The van der Waals surface area contributed by atoms with Crippen LogP contribution in [0.4, 0.5) is 8.78 Å². The van der Waals surface area contributed by atoms with Crippen molar-refractivity contribution in [2.24, 2.45) is 5.16 Å². The highest BCUT2D eigenvalue weighted by molar-refractivity contribution is 6.62. The lowest BCUT2D eigenvalue weighted by Gasteiger charge is -2.23. The molecule has 0 spiro atoms. The smallest absolute Gasteiger partial charge is 0.423 e. The van der Waals surface area contributed by atoms with Gasteiger partial charge in [-0.05, 0) is 59.9 Å². The van der Waals surface area contributed by atoms with Gasteiger partial charge in [0, 0.05) is 30.3 Å². The maximum absolute atomic E-state index is 13.6. The number of halogens is 5. The molecule has 7 nitrogen and oxygen atoms in total. The van der Waals surface area contributed by atoms with Crippen molar-refractivity contribution in [3.05, 3.63) is 104 Å². The fourth-order valence-corrected chi connectivity index (χ4v) is 6.06. The molecule has 0 fully saturated rings. The molecule has 1 amide bonds. The Bertz CT molecular complexity index is 1740. The van der Waals surface area contributed by atoms with Gasteiger partial charge in [0.15, 0.2) is 5.60 Å². The summed E-state index contributed by atoms with van der Waals surface area (Å²) < 4.78 is 34.1. The van der Waals surface area contributed by atoms with Crippen molar-refractivity contribution in [3.63, 3.8) is 0 Å². The number of aromatic nitrogens is 1. The molecule has 0 bridgehead atoms. The fraction of sp³-hybridized carbons (Fsp3) is 0.241. The first-order chi connectivity index (χ1) is 20.1. The Hall–Kier alpha value is -3.15. The molecule has 0 saturated carbocycles. The van der Waals surface area contributed by atoms with Gasteiger partial charge in [-0.3, -0.25) is 4.79 Å². The standard InChI is InChI=1S/C29H23BCl3F2N3O4/c1-28(17-10-21(31)26(33)22(32)11-17)12-23(37-42-28)18-5-7-25(38-8-2-3-24(18)38)27(39)36-13-16-4-6-19-20(9-16)30(40)41-29(19,14-34)15-35/h2-11,40H,12-15H2,1H3,(H,36,39). The van der Waals surface area contributed by atoms with Crippen molar-refractivity contribution in [1.82, 2.24) is 9.72 Å². The molecule has 2 aromatic carbocycles. The van der Waals surface area contributed by atoms with E-state index in [2.05, 4.69) is 10.5 Å². The highest BCUT2D eigenvalue weighted by Crippen LogP contribution is 2.41. The zero-order chi connectivity index (χ0) is 29.8. The Kier molecular flexibility index (Phi) is 7.48. The van der Waals surface area contributed by atoms with E-state index in [-0.39, 0.29) is 28.5 Å². The zero-order valence-corrected chi connectivity index (χ0v) is 24.4. The van der Waals surface area contributed by atoms with E-state index in [1.165, 1.54) is 6.07 Å². The van der Waals surface area contributed by atoms with Crippen LogP contribution in [-0.2, 0) is 27.2 Å². The Morgan fingerprint density at radius 3 is 2.57 bits per heavy atom. The van der Waals surface area contributed by atoms with Gasteiger partial charge in [-0.1, -0.05) is 58.2 Å². The van der Waals surface area contributed by atoms with Crippen LogP contribution in [0.25, 0.3) is 5.52 Å². The van der Waals surface area contributed by atoms with Crippen molar-refractivity contribution in [2.45, 2.75) is 31.1 Å². The summed E-state index contributed by atoms with van der Waals surface area (Å²) in [6.07, 6.45) is 2.20. The quantitative estimate of drug-likeness (QED) is 0.202. The number of nitrogens with zero attached hydrogens (tertiary/aromatic N) is 2. The van der Waals surface area contributed by atoms with E-state index in [0.717, 1.165) is 16.6 Å². The molecule has 0 aliphatic carbocycles. The monoisotopic (exact) mass is 631 g/mol. The molecule has 2 aliphatic rings. The van der Waals surface area contributed by atoms with E-state index in [4.69, 9.17) is 44.3 Å². The lowest BCUT2D eigenvalue weighted by molar-refractivity contribution is -0.00737. The number of alkyl halides is 2. The van der Waals surface area contributed by atoms with E-state index in [1.807, 2.05) is 25.1 Å². The average molecular weight is 633 g/mol. The Morgan fingerprint density at radius 2 is 1.86 bits per heavy atom. The van der Waals surface area contributed by atoms with Gasteiger partial charge in [-0.15, -0.1) is 0 Å². The van der Waals surface area contributed by atoms with Crippen molar-refractivity contribution in [1.29, 1.82) is 0 Å². The van der Waals surface area contributed by atoms with E-state index in [1.54, 1.807) is 40.9 Å². The lowest BCUT2D eigenvalue weighted by Crippen LogP contribution is -2.33. The van der Waals surface area contributed by atoms with Gasteiger partial charge in [-0.25, -0.2) is 8.78 Å². The van der Waals surface area contributed by atoms with Crippen molar-refractivity contribution >= 4 is 64.5 Å². The number of hydrogen-bond donors (Lipinski definition) is 2. The molecule has 1 unspecified atom stereocenters. The van der Waals surface area contributed by atoms with Crippen molar-refractivity contribution < 1.29 is 28.1 Å². The van der Waals surface area contributed by atoms with Gasteiger partial charge in [0.05, 0.1) is 26.3 Å². The van der Waals surface area contributed by atoms with Crippen molar-refractivity contribution in [2.75, 3.05) is 13.3 Å². The Labute approximate surface area is 255 Å². The van der Waals surface area contributed by atoms with Gasteiger partial charge in [0.1, 0.15) is 24.6 Å². The number of fused-ring (bicyclic) bond motifs is 2. The number of nitrogens with one attached hydrogen (secondary N) is 1. The second-order valence-electron chi connectivity index (χ2n) is 10.5. The van der Waals surface area contributed by atoms with Crippen LogP contribution in [0.2, 0.25) is 15.1 Å². The average Bonchev–Trinajstić information content (AvgIpc) is 3.71. The number of rotatable bonds is 7. The summed E-state index contributed by atoms with van der Waals surface area (Å²) in [5.74, 6) is -0.346. The van der Waals surface area contributed by atoms with Crippen LogP contribution < -0.4 is 10.8 Å². The Morgan fingerprint density at radius 1 is 1.12 bits per heavy atom. The molecule has 216 valence electrons. The van der Waals surface area contributed by atoms with Gasteiger partial charge in [0.25, 0.3) is 5.91 Å². The Balaban J connectivity index is 1.20. The first-order valence-corrected chi connectivity index (χ1v) is 14.1. The fourth-order valence-electron chi connectivity index (χ4n) is 5.47. The number of carbonyl (C=O) groups excluding carboxylic acids is 1. The molecule has 4 heterocycles. The predicted octanol–water partition coefficient (Wildman–Crippen LogP) is 5.72. The van der Waals surface area contributed by atoms with Crippen LogP contribution in [0, 0.1) is 0 Å². The summed E-state index contributed by atoms with van der Waals surface area (Å²) in [7, 11) is -1.45. The second-order valence-corrected chi connectivity index (χ2v) is 11.7. The summed E-state index contributed by atoms with van der Waals surface area (Å²) in [5, 5.41) is 18.4. The number of oxime groups is 1. The van der Waals surface area contributed by atoms with Crippen LogP contribution in [0.1, 0.15) is 46.1 Å². The maximum atomic E-state index is 13.6. The molecule has 2 aliphatic heterocycles. The third-order valence-electron chi connectivity index (χ3n) is 7.79. The zero-order valence-electron chi connectivity index (χ0n) is 22.1. The molecule has 1 atom stereocenters. The second kappa shape index (κ2) is 10.8. The predicted molar refractivity (Wildman–Crippen MR) is 158 cm³/mol. The molecule has 4 aromatic rings. The SMILES string of the molecule is CC1(c2cc(Cl)c(Cl)c(Cl)c2)CC(c2ccc(C(=O)NCc3ccc4c(c3)B(O)OC4(CF)CF)n3cccc23)=NO1. The third-order valence-corrected chi connectivity index (χ3v) is 8.98. The molecule has 2 N–H and O–H groups in total. The normalized spacial score (nSPS) is 19.1. The van der Waals surface area contributed by atoms with Gasteiger partial charge in [-0.2, -0.15) is 0 Å². The van der Waals surface area contributed by atoms with E-state index < -0.39 is 31.7 Å². The van der Waals surface area contributed by atoms with Crippen molar-refractivity contribution in [3.8, 4) is 0 Å². The molecular formula is C29H23BCl3F2N3O4. The largest absolute Gasteiger partial charge is 0.492 e. The van der Waals surface area contributed by atoms with Crippen LogP contribution in [0.3, 0.4) is 0 Å². The summed E-state index contributed by atoms with van der Waals surface area (Å²) in [6.45, 7) is -0.204. The highest BCUT2D eigenvalue weighted by Gasteiger charge is 2.47. The molecule has 13 heteroatoms. The molecule has 0 saturated heterocycles. The number of benzene rings is 2. The number of carbonyl (C=O) groups is 1. The lowest BCUT2D eigenvalue weighted by atomic mass is 9.77. The topological polar surface area (TPSA) is 84.6 Å². The molecule has 2 aromatic heterocycles. The number of hydrogen-bond acceptors (Lipinski definition) is 5. The first-order valence-electron chi connectivity index (χ1n) is 13.0. The van der Waals surface area contributed by atoms with E-state index in [0.29, 0.717) is 33.4 Å². The van der Waals surface area contributed by atoms with Gasteiger partial charge < -0.3 is 24.2 Å². The van der Waals surface area contributed by atoms with Gasteiger partial charge in [0.2, 0.25) is 0 Å². The van der Waals surface area contributed by atoms with Crippen LogP contribution >= 0.6 is 34.8 Å². The minimum atomic E-state index is -1.81. The first kappa shape index (κ1) is 29.0. The summed E-state index contributed by atoms with van der Waals surface area (Å²) >= 11 is 18.6. The summed E-state index contributed by atoms with van der Waals surface area (Å²) in [6, 6.07) is 15.4. The van der Waals surface area contributed by atoms with E-state index >= 15 is 0 Å². The summed E-state index contributed by atoms with van der Waals surface area (Å²) in [5.41, 5.74) is 1.90. The van der Waals surface area contributed by atoms with Crippen LogP contribution in [0.5, 0.6) is 0 Å². The highest BCUT2D eigenvalue weighted by atomic mass is 35.5. The number of pyridine rings is 1. The molecule has 0 radical (unpaired) electrons. The molecule has 6 rings (SSSR count). The third kappa shape index (κ3) is 4.75. The van der Waals surface area contributed by atoms with Crippen LogP contribution in [-0.4, -0.2) is 41.5 Å². The molecule has 42 heavy (non-hydrogen) atoms. The van der Waals surface area contributed by atoms with E-state index in [9.17, 15) is 18.6 Å². The minimum Gasteiger partial charge on any atom is -0.423 e. The summed E-state index contributed by atoms with van der Waals surface area (Å²) in [4.78, 5) is 19.1. The van der Waals surface area contributed by atoms with Gasteiger partial charge >= 0.3 is 7.12 Å². The minimum absolute atomic E-state index is 0.118. The number of amides is 1. The molecular weight excluding hydrogens is 610 g/mol.